The summed E-state index contributed by atoms with van der Waals surface area (Å²) >= 11 is 1.50. The quantitative estimate of drug-likeness (QED) is 0.381. The van der Waals surface area contributed by atoms with E-state index in [4.69, 9.17) is 4.99 Å². The zero-order valence-corrected chi connectivity index (χ0v) is 18.9. The van der Waals surface area contributed by atoms with E-state index >= 15 is 0 Å². The van der Waals surface area contributed by atoms with Crippen molar-refractivity contribution < 1.29 is 0 Å². The number of aromatic nitrogens is 3. The second-order valence-corrected chi connectivity index (χ2v) is 8.70. The number of H-pyrrole nitrogens is 1. The van der Waals surface area contributed by atoms with Crippen LogP contribution in [0.5, 0.6) is 0 Å². The summed E-state index contributed by atoms with van der Waals surface area (Å²) in [5, 5.41) is 7.20. The Morgan fingerprint density at radius 2 is 1.48 bits per heavy atom. The normalized spacial score (nSPS) is 11.6. The zero-order valence-electron chi connectivity index (χ0n) is 18.1. The van der Waals surface area contributed by atoms with Gasteiger partial charge in [-0.2, -0.15) is 10.1 Å². The Morgan fingerprint density at radius 1 is 0.879 bits per heavy atom. The smallest absolute Gasteiger partial charge is 0.262 e. The summed E-state index contributed by atoms with van der Waals surface area (Å²) in [4.78, 5) is 20.3. The third-order valence-electron chi connectivity index (χ3n) is 5.29. The van der Waals surface area contributed by atoms with E-state index in [1.165, 1.54) is 11.3 Å². The van der Waals surface area contributed by atoms with Gasteiger partial charge in [0.25, 0.3) is 5.56 Å². The fraction of sp³-hybridized carbons (Fsp3) is 0.0741. The molecule has 6 heteroatoms. The Kier molecular flexibility index (Phi) is 5.83. The van der Waals surface area contributed by atoms with Crippen molar-refractivity contribution in [3.63, 3.8) is 0 Å². The van der Waals surface area contributed by atoms with Gasteiger partial charge in [0.05, 0.1) is 17.0 Å². The van der Waals surface area contributed by atoms with Crippen molar-refractivity contribution in [2.24, 2.45) is 4.99 Å². The Hall–Kier alpha value is -4.03. The van der Waals surface area contributed by atoms with E-state index in [2.05, 4.69) is 10.2 Å². The molecule has 2 aromatic heterocycles. The molecule has 0 amide bonds. The van der Waals surface area contributed by atoms with E-state index < -0.39 is 0 Å². The highest BCUT2D eigenvalue weighted by atomic mass is 32.1. The average molecular weight is 451 g/mol. The molecule has 0 aliphatic heterocycles. The summed E-state index contributed by atoms with van der Waals surface area (Å²) in [7, 11) is 0. The van der Waals surface area contributed by atoms with Crippen LogP contribution in [0.3, 0.4) is 0 Å². The maximum absolute atomic E-state index is 14.1. The maximum Gasteiger partial charge on any atom is 0.262 e. The van der Waals surface area contributed by atoms with Crippen LogP contribution >= 0.6 is 11.3 Å². The first-order chi connectivity index (χ1) is 16.2. The van der Waals surface area contributed by atoms with Crippen LogP contribution in [-0.4, -0.2) is 14.8 Å². The molecule has 0 bridgehead atoms. The molecule has 162 valence electrons. The zero-order chi connectivity index (χ0) is 22.6. The lowest BCUT2D eigenvalue weighted by atomic mass is 10.0. The van der Waals surface area contributed by atoms with Gasteiger partial charge < -0.3 is 0 Å². The monoisotopic (exact) mass is 450 g/mol. The number of aromatic amines is 1. The van der Waals surface area contributed by atoms with Crippen molar-refractivity contribution in [1.82, 2.24) is 14.8 Å². The summed E-state index contributed by atoms with van der Waals surface area (Å²) < 4.78 is 1.75. The Labute approximate surface area is 195 Å². The van der Waals surface area contributed by atoms with Crippen LogP contribution in [0, 0.1) is 6.92 Å². The van der Waals surface area contributed by atoms with Gasteiger partial charge >= 0.3 is 0 Å². The van der Waals surface area contributed by atoms with Gasteiger partial charge in [0.1, 0.15) is 0 Å². The minimum Gasteiger partial charge on any atom is -0.281 e. The fourth-order valence-electron chi connectivity index (χ4n) is 3.72. The van der Waals surface area contributed by atoms with Crippen LogP contribution < -0.4 is 10.4 Å². The van der Waals surface area contributed by atoms with E-state index in [9.17, 15) is 4.79 Å². The molecule has 3 aromatic carbocycles. The van der Waals surface area contributed by atoms with Crippen LogP contribution in [0.15, 0.2) is 107 Å². The Morgan fingerprint density at radius 3 is 2.09 bits per heavy atom. The third-order valence-corrected chi connectivity index (χ3v) is 6.43. The standard InChI is InChI=1S/C27H22N4OS/c1-19-17-23(30-29-19)28-27-31(18-20-11-5-2-6-12-20)26(32)24(21-13-7-3-8-14-21)25(33-27)22-15-9-4-10-16-22/h2-17H,18H2,1H3,(H,29,30). The molecular weight excluding hydrogens is 428 g/mol. The van der Waals surface area contributed by atoms with Gasteiger partial charge in [-0.05, 0) is 23.6 Å². The summed E-state index contributed by atoms with van der Waals surface area (Å²) in [5.74, 6) is 0.552. The highest BCUT2D eigenvalue weighted by molar-refractivity contribution is 7.13. The van der Waals surface area contributed by atoms with Crippen molar-refractivity contribution in [3.8, 4) is 21.6 Å². The van der Waals surface area contributed by atoms with Crippen LogP contribution in [0.1, 0.15) is 11.3 Å². The molecule has 0 radical (unpaired) electrons. The number of rotatable bonds is 5. The lowest BCUT2D eigenvalue weighted by Crippen LogP contribution is -2.33. The number of benzene rings is 3. The van der Waals surface area contributed by atoms with E-state index in [1.807, 2.05) is 104 Å². The fourth-order valence-corrected chi connectivity index (χ4v) is 4.86. The second-order valence-electron chi connectivity index (χ2n) is 7.72. The van der Waals surface area contributed by atoms with Crippen molar-refractivity contribution in [2.45, 2.75) is 13.5 Å². The summed E-state index contributed by atoms with van der Waals surface area (Å²) in [6.45, 7) is 2.35. The SMILES string of the molecule is Cc1cc(N=c2sc(-c3ccccc3)c(-c3ccccc3)c(=O)n2Cc2ccccc2)n[nH]1. The highest BCUT2D eigenvalue weighted by Gasteiger charge is 2.17. The largest absolute Gasteiger partial charge is 0.281 e. The summed E-state index contributed by atoms with van der Waals surface area (Å²) in [6, 6.07) is 31.7. The first-order valence-electron chi connectivity index (χ1n) is 10.7. The predicted octanol–water partition coefficient (Wildman–Crippen LogP) is 5.56. The topological polar surface area (TPSA) is 63.0 Å². The Bertz CT molecular complexity index is 1500. The molecule has 0 aliphatic rings. The van der Waals surface area contributed by atoms with Crippen LogP contribution in [0.25, 0.3) is 21.6 Å². The van der Waals surface area contributed by atoms with Gasteiger partial charge in [-0.1, -0.05) is 102 Å². The number of nitrogens with zero attached hydrogens (tertiary/aromatic N) is 3. The molecule has 0 spiro atoms. The first kappa shape index (κ1) is 20.8. The van der Waals surface area contributed by atoms with Gasteiger partial charge in [0, 0.05) is 11.8 Å². The lowest BCUT2D eigenvalue weighted by molar-refractivity contribution is 0.733. The van der Waals surface area contributed by atoms with E-state index in [0.29, 0.717) is 22.7 Å². The molecule has 0 unspecified atom stereocenters. The predicted molar refractivity (Wildman–Crippen MR) is 134 cm³/mol. The van der Waals surface area contributed by atoms with Crippen molar-refractivity contribution >= 4 is 17.2 Å². The molecule has 0 saturated heterocycles. The molecule has 1 N–H and O–H groups in total. The summed E-state index contributed by atoms with van der Waals surface area (Å²) in [5.41, 5.74) is 4.43. The van der Waals surface area contributed by atoms with Gasteiger partial charge in [0.2, 0.25) is 0 Å². The average Bonchev–Trinajstić information content (AvgIpc) is 3.27. The van der Waals surface area contributed by atoms with Gasteiger partial charge in [0.15, 0.2) is 10.6 Å². The van der Waals surface area contributed by atoms with Gasteiger partial charge in [-0.15, -0.1) is 0 Å². The van der Waals surface area contributed by atoms with Crippen LogP contribution in [0.4, 0.5) is 5.82 Å². The first-order valence-corrected chi connectivity index (χ1v) is 11.5. The molecule has 5 rings (SSSR count). The second kappa shape index (κ2) is 9.22. The Balaban J connectivity index is 1.84. The van der Waals surface area contributed by atoms with Crippen LogP contribution in [0.2, 0.25) is 0 Å². The molecule has 33 heavy (non-hydrogen) atoms. The van der Waals surface area contributed by atoms with Crippen LogP contribution in [-0.2, 0) is 6.54 Å². The van der Waals surface area contributed by atoms with E-state index in [-0.39, 0.29) is 5.56 Å². The molecule has 0 atom stereocenters. The number of nitrogens with one attached hydrogen (secondary N) is 1. The minimum absolute atomic E-state index is 0.0753. The van der Waals surface area contributed by atoms with Crippen molar-refractivity contribution in [3.05, 3.63) is 123 Å². The molecule has 0 saturated carbocycles. The van der Waals surface area contributed by atoms with Crippen molar-refractivity contribution in [2.75, 3.05) is 0 Å². The maximum atomic E-state index is 14.1. The molecule has 5 aromatic rings. The molecule has 2 heterocycles. The van der Waals surface area contributed by atoms with Crippen molar-refractivity contribution in [1.29, 1.82) is 0 Å². The number of hydrogen-bond donors (Lipinski definition) is 1. The van der Waals surface area contributed by atoms with Gasteiger partial charge in [-0.25, -0.2) is 0 Å². The molecule has 0 aliphatic carbocycles. The van der Waals surface area contributed by atoms with Gasteiger partial charge in [-0.3, -0.25) is 14.5 Å². The molecular formula is C27H22N4OS. The molecule has 5 nitrogen and oxygen atoms in total. The highest BCUT2D eigenvalue weighted by Crippen LogP contribution is 2.31. The number of aryl methyl sites for hydroxylation is 1. The number of hydrogen-bond acceptors (Lipinski definition) is 4. The van der Waals surface area contributed by atoms with E-state index in [1.54, 1.807) is 4.57 Å². The minimum atomic E-state index is -0.0753. The third kappa shape index (κ3) is 4.47. The van der Waals surface area contributed by atoms with E-state index in [0.717, 1.165) is 27.3 Å². The lowest BCUT2D eigenvalue weighted by Gasteiger charge is -2.14. The molecule has 0 fully saturated rings. The summed E-state index contributed by atoms with van der Waals surface area (Å²) in [6.07, 6.45) is 0.